The highest BCUT2D eigenvalue weighted by atomic mass is 16.5. The standard InChI is InChI=1S/C31H27N7O3/c1-4-28(39)34-26-10-5-6-11-27(26)35-30-33-17-23-19-37(24-12-20(2)13-25(15-24)41-3)31(40)38(29(23)36-30)18-22-9-7-8-21(14-22)16-32/h4-15,17H,1,18-19H2,2-3H3,(H,34,39)(H,33,35,36). The van der Waals surface area contributed by atoms with Gasteiger partial charge in [0, 0.05) is 23.5 Å². The summed E-state index contributed by atoms with van der Waals surface area (Å²) in [5.41, 5.74) is 4.74. The molecule has 0 saturated heterocycles. The minimum atomic E-state index is -0.352. The first-order chi connectivity index (χ1) is 19.9. The Morgan fingerprint density at radius 3 is 2.71 bits per heavy atom. The number of nitriles is 1. The maximum absolute atomic E-state index is 14.0. The highest BCUT2D eigenvalue weighted by molar-refractivity contribution is 6.05. The third-order valence-electron chi connectivity index (χ3n) is 6.48. The molecule has 10 nitrogen and oxygen atoms in total. The predicted octanol–water partition coefficient (Wildman–Crippen LogP) is 5.68. The van der Waals surface area contributed by atoms with Gasteiger partial charge < -0.3 is 15.4 Å². The van der Waals surface area contributed by atoms with Gasteiger partial charge in [0.1, 0.15) is 11.6 Å². The fourth-order valence-electron chi connectivity index (χ4n) is 4.55. The molecule has 2 heterocycles. The first-order valence-electron chi connectivity index (χ1n) is 12.8. The van der Waals surface area contributed by atoms with Crippen LogP contribution in [-0.4, -0.2) is 29.0 Å². The minimum absolute atomic E-state index is 0.184. The van der Waals surface area contributed by atoms with Crippen molar-refractivity contribution < 1.29 is 14.3 Å². The number of para-hydroxylation sites is 2. The summed E-state index contributed by atoms with van der Waals surface area (Å²) in [6, 6.07) is 21.8. The Morgan fingerprint density at radius 2 is 1.95 bits per heavy atom. The van der Waals surface area contributed by atoms with Gasteiger partial charge in [-0.1, -0.05) is 30.8 Å². The summed E-state index contributed by atoms with van der Waals surface area (Å²) in [4.78, 5) is 38.4. The van der Waals surface area contributed by atoms with Crippen molar-refractivity contribution in [1.29, 1.82) is 5.26 Å². The number of carbonyl (C=O) groups is 2. The number of rotatable bonds is 8. The number of hydrogen-bond acceptors (Lipinski definition) is 7. The van der Waals surface area contributed by atoms with Gasteiger partial charge in [0.05, 0.1) is 43.2 Å². The molecule has 0 fully saturated rings. The fraction of sp³-hybridized carbons (Fsp3) is 0.129. The molecule has 1 aliphatic heterocycles. The average molecular weight is 546 g/mol. The predicted molar refractivity (Wildman–Crippen MR) is 157 cm³/mol. The Morgan fingerprint density at radius 1 is 1.15 bits per heavy atom. The molecule has 4 aromatic rings. The molecule has 0 spiro atoms. The topological polar surface area (TPSA) is 123 Å². The zero-order chi connectivity index (χ0) is 28.9. The van der Waals surface area contributed by atoms with Crippen molar-refractivity contribution in [2.24, 2.45) is 0 Å². The molecular formula is C31H27N7O3. The van der Waals surface area contributed by atoms with Crippen LogP contribution in [0.1, 0.15) is 22.3 Å². The van der Waals surface area contributed by atoms with Crippen LogP contribution in [0.2, 0.25) is 0 Å². The van der Waals surface area contributed by atoms with Crippen LogP contribution in [0.4, 0.5) is 33.6 Å². The maximum Gasteiger partial charge on any atom is 0.330 e. The van der Waals surface area contributed by atoms with E-state index in [1.54, 1.807) is 59.5 Å². The lowest BCUT2D eigenvalue weighted by molar-refractivity contribution is -0.111. The summed E-state index contributed by atoms with van der Waals surface area (Å²) in [5.74, 6) is 0.983. The van der Waals surface area contributed by atoms with Gasteiger partial charge in [0.15, 0.2) is 0 Å². The van der Waals surface area contributed by atoms with E-state index in [4.69, 9.17) is 9.72 Å². The van der Waals surface area contributed by atoms with E-state index in [1.165, 1.54) is 6.08 Å². The number of nitrogens with zero attached hydrogens (tertiary/aromatic N) is 5. The molecule has 1 aliphatic rings. The monoisotopic (exact) mass is 545 g/mol. The van der Waals surface area contributed by atoms with Gasteiger partial charge in [-0.25, -0.2) is 9.78 Å². The van der Waals surface area contributed by atoms with Crippen LogP contribution in [0, 0.1) is 18.3 Å². The quantitative estimate of drug-likeness (QED) is 0.273. The van der Waals surface area contributed by atoms with E-state index in [0.29, 0.717) is 34.2 Å². The van der Waals surface area contributed by atoms with E-state index < -0.39 is 0 Å². The third-order valence-corrected chi connectivity index (χ3v) is 6.48. The van der Waals surface area contributed by atoms with Crippen molar-refractivity contribution in [3.8, 4) is 11.8 Å². The van der Waals surface area contributed by atoms with Gasteiger partial charge >= 0.3 is 6.03 Å². The molecule has 0 aliphatic carbocycles. The summed E-state index contributed by atoms with van der Waals surface area (Å²) >= 11 is 0. The van der Waals surface area contributed by atoms with E-state index >= 15 is 0 Å². The molecule has 0 unspecified atom stereocenters. The molecule has 0 saturated carbocycles. The van der Waals surface area contributed by atoms with Crippen molar-refractivity contribution in [2.75, 3.05) is 27.5 Å². The summed E-state index contributed by atoms with van der Waals surface area (Å²) in [6.45, 7) is 5.87. The van der Waals surface area contributed by atoms with Crippen LogP contribution >= 0.6 is 0 Å². The van der Waals surface area contributed by atoms with Gasteiger partial charge in [-0.2, -0.15) is 10.2 Å². The van der Waals surface area contributed by atoms with Crippen LogP contribution in [-0.2, 0) is 17.9 Å². The Bertz CT molecular complexity index is 1700. The Balaban J connectivity index is 1.55. The second-order valence-corrected chi connectivity index (χ2v) is 9.38. The highest BCUT2D eigenvalue weighted by Gasteiger charge is 2.33. The van der Waals surface area contributed by atoms with Gasteiger partial charge in [-0.3, -0.25) is 14.6 Å². The molecule has 1 aromatic heterocycles. The largest absolute Gasteiger partial charge is 0.497 e. The van der Waals surface area contributed by atoms with Crippen LogP contribution in [0.3, 0.4) is 0 Å². The Labute approximate surface area is 237 Å². The van der Waals surface area contributed by atoms with Crippen molar-refractivity contribution in [3.63, 3.8) is 0 Å². The average Bonchev–Trinajstić information content (AvgIpc) is 2.99. The molecule has 5 rings (SSSR count). The summed E-state index contributed by atoms with van der Waals surface area (Å²) in [6.07, 6.45) is 2.87. The molecule has 41 heavy (non-hydrogen) atoms. The van der Waals surface area contributed by atoms with E-state index in [9.17, 15) is 14.9 Å². The highest BCUT2D eigenvalue weighted by Crippen LogP contribution is 2.35. The van der Waals surface area contributed by atoms with Gasteiger partial charge in [-0.15, -0.1) is 0 Å². The number of nitrogens with one attached hydrogen (secondary N) is 2. The third kappa shape index (κ3) is 5.84. The van der Waals surface area contributed by atoms with E-state index in [1.807, 2.05) is 37.3 Å². The fourth-order valence-corrected chi connectivity index (χ4v) is 4.55. The molecule has 204 valence electrons. The molecule has 0 radical (unpaired) electrons. The number of carbonyl (C=O) groups excluding carboxylic acids is 2. The lowest BCUT2D eigenvalue weighted by Crippen LogP contribution is -2.47. The first kappa shape index (κ1) is 26.9. The second kappa shape index (κ2) is 11.6. The van der Waals surface area contributed by atoms with Crippen molar-refractivity contribution in [1.82, 2.24) is 9.97 Å². The Hall–Kier alpha value is -5.69. The van der Waals surface area contributed by atoms with Crippen molar-refractivity contribution >= 4 is 40.8 Å². The van der Waals surface area contributed by atoms with Gasteiger partial charge in [0.2, 0.25) is 11.9 Å². The molecular weight excluding hydrogens is 518 g/mol. The first-order valence-corrected chi connectivity index (χ1v) is 12.8. The molecule has 10 heteroatoms. The van der Waals surface area contributed by atoms with E-state index in [-0.39, 0.29) is 31.0 Å². The van der Waals surface area contributed by atoms with E-state index in [0.717, 1.165) is 16.7 Å². The normalized spacial score (nSPS) is 12.3. The van der Waals surface area contributed by atoms with Crippen molar-refractivity contribution in [2.45, 2.75) is 20.0 Å². The summed E-state index contributed by atoms with van der Waals surface area (Å²) < 4.78 is 5.45. The number of ether oxygens (including phenoxy) is 1. The number of amides is 3. The van der Waals surface area contributed by atoms with Crippen LogP contribution in [0.25, 0.3) is 0 Å². The number of benzene rings is 3. The lowest BCUT2D eigenvalue weighted by atomic mass is 10.1. The molecule has 3 amide bonds. The SMILES string of the molecule is C=CC(=O)Nc1ccccc1Nc1ncc2c(n1)N(Cc1cccc(C#N)c1)C(=O)N(c1cc(C)cc(OC)c1)C2. The van der Waals surface area contributed by atoms with Crippen LogP contribution in [0.15, 0.2) is 85.6 Å². The summed E-state index contributed by atoms with van der Waals surface area (Å²) in [7, 11) is 1.59. The van der Waals surface area contributed by atoms with Crippen LogP contribution in [0.5, 0.6) is 5.75 Å². The molecule has 3 aromatic carbocycles. The number of aryl methyl sites for hydroxylation is 1. The summed E-state index contributed by atoms with van der Waals surface area (Å²) in [5, 5.41) is 15.3. The van der Waals surface area contributed by atoms with Gasteiger partial charge in [0.25, 0.3) is 0 Å². The number of aromatic nitrogens is 2. The zero-order valence-corrected chi connectivity index (χ0v) is 22.6. The second-order valence-electron chi connectivity index (χ2n) is 9.38. The molecule has 0 atom stereocenters. The zero-order valence-electron chi connectivity index (χ0n) is 22.6. The molecule has 2 N–H and O–H groups in total. The minimum Gasteiger partial charge on any atom is -0.497 e. The Kier molecular flexibility index (Phi) is 7.60. The number of urea groups is 1. The number of methoxy groups -OCH3 is 1. The van der Waals surface area contributed by atoms with Crippen LogP contribution < -0.4 is 25.2 Å². The number of fused-ring (bicyclic) bond motifs is 1. The number of hydrogen-bond donors (Lipinski definition) is 2. The van der Waals surface area contributed by atoms with E-state index in [2.05, 4.69) is 28.3 Å². The van der Waals surface area contributed by atoms with Gasteiger partial charge in [-0.05, 0) is 60.5 Å². The smallest absolute Gasteiger partial charge is 0.330 e. The maximum atomic E-state index is 14.0. The number of anilines is 5. The van der Waals surface area contributed by atoms with Crippen molar-refractivity contribution in [3.05, 3.63) is 108 Å². The molecule has 0 bridgehead atoms. The lowest BCUT2D eigenvalue weighted by Gasteiger charge is -2.36.